The SMILES string of the molecule is CCCN(C(=O)Cc1cccc(Cl)c1)c1cccc(N)c1. The Kier molecular flexibility index (Phi) is 5.23. The average molecular weight is 303 g/mol. The van der Waals surface area contributed by atoms with Crippen LogP contribution in [0.25, 0.3) is 0 Å². The van der Waals surface area contributed by atoms with Crippen LogP contribution in [0.15, 0.2) is 48.5 Å². The Hall–Kier alpha value is -2.00. The van der Waals surface area contributed by atoms with Crippen LogP contribution in [-0.2, 0) is 11.2 Å². The molecule has 4 heteroatoms. The van der Waals surface area contributed by atoms with Gasteiger partial charge in [0.1, 0.15) is 0 Å². The van der Waals surface area contributed by atoms with Crippen LogP contribution in [0.1, 0.15) is 18.9 Å². The topological polar surface area (TPSA) is 46.3 Å². The highest BCUT2D eigenvalue weighted by Crippen LogP contribution is 2.20. The predicted molar refractivity (Wildman–Crippen MR) is 88.7 cm³/mol. The maximum Gasteiger partial charge on any atom is 0.231 e. The highest BCUT2D eigenvalue weighted by Gasteiger charge is 2.15. The number of nitrogens with two attached hydrogens (primary N) is 1. The second-order valence-corrected chi connectivity index (χ2v) is 5.38. The van der Waals surface area contributed by atoms with Crippen molar-refractivity contribution in [2.75, 3.05) is 17.2 Å². The van der Waals surface area contributed by atoms with Crippen molar-refractivity contribution in [2.45, 2.75) is 19.8 Å². The molecule has 0 saturated carbocycles. The number of halogens is 1. The summed E-state index contributed by atoms with van der Waals surface area (Å²) in [6.45, 7) is 2.72. The fourth-order valence-electron chi connectivity index (χ4n) is 2.23. The first-order chi connectivity index (χ1) is 10.1. The molecule has 0 aliphatic carbocycles. The average Bonchev–Trinajstić information content (AvgIpc) is 2.44. The van der Waals surface area contributed by atoms with Crippen LogP contribution < -0.4 is 10.6 Å². The molecular weight excluding hydrogens is 284 g/mol. The van der Waals surface area contributed by atoms with Crippen LogP contribution >= 0.6 is 11.6 Å². The van der Waals surface area contributed by atoms with Crippen molar-refractivity contribution in [1.82, 2.24) is 0 Å². The van der Waals surface area contributed by atoms with Gasteiger partial charge < -0.3 is 10.6 Å². The van der Waals surface area contributed by atoms with Crippen LogP contribution in [0.2, 0.25) is 5.02 Å². The van der Waals surface area contributed by atoms with Crippen molar-refractivity contribution in [3.8, 4) is 0 Å². The van der Waals surface area contributed by atoms with Gasteiger partial charge in [-0.15, -0.1) is 0 Å². The Morgan fingerprint density at radius 1 is 1.19 bits per heavy atom. The van der Waals surface area contributed by atoms with E-state index >= 15 is 0 Å². The summed E-state index contributed by atoms with van der Waals surface area (Å²) in [5.74, 6) is 0.0460. The molecule has 2 N–H and O–H groups in total. The fourth-order valence-corrected chi connectivity index (χ4v) is 2.44. The monoisotopic (exact) mass is 302 g/mol. The van der Waals surface area contributed by atoms with Gasteiger partial charge in [0.25, 0.3) is 0 Å². The van der Waals surface area contributed by atoms with Gasteiger partial charge in [-0.3, -0.25) is 4.79 Å². The molecule has 110 valence electrons. The highest BCUT2D eigenvalue weighted by atomic mass is 35.5. The van der Waals surface area contributed by atoms with Crippen molar-refractivity contribution in [1.29, 1.82) is 0 Å². The minimum atomic E-state index is 0.0460. The summed E-state index contributed by atoms with van der Waals surface area (Å²) >= 11 is 5.97. The van der Waals surface area contributed by atoms with Crippen LogP contribution in [-0.4, -0.2) is 12.5 Å². The molecule has 0 unspecified atom stereocenters. The lowest BCUT2D eigenvalue weighted by molar-refractivity contribution is -0.118. The fraction of sp³-hybridized carbons (Fsp3) is 0.235. The predicted octanol–water partition coefficient (Wildman–Crippen LogP) is 3.91. The molecule has 21 heavy (non-hydrogen) atoms. The van der Waals surface area contributed by atoms with Crippen molar-refractivity contribution in [3.05, 3.63) is 59.1 Å². The largest absolute Gasteiger partial charge is 0.399 e. The van der Waals surface area contributed by atoms with Gasteiger partial charge in [-0.1, -0.05) is 36.7 Å². The third-order valence-electron chi connectivity index (χ3n) is 3.17. The number of anilines is 2. The zero-order valence-corrected chi connectivity index (χ0v) is 12.8. The molecule has 0 atom stereocenters. The van der Waals surface area contributed by atoms with Gasteiger partial charge in [0.2, 0.25) is 5.91 Å². The number of rotatable bonds is 5. The van der Waals surface area contributed by atoms with E-state index in [9.17, 15) is 4.79 Å². The number of benzene rings is 2. The molecule has 1 amide bonds. The van der Waals surface area contributed by atoms with E-state index in [0.29, 0.717) is 23.7 Å². The van der Waals surface area contributed by atoms with E-state index in [0.717, 1.165) is 17.7 Å². The first-order valence-corrected chi connectivity index (χ1v) is 7.38. The van der Waals surface area contributed by atoms with Crippen LogP contribution in [0.3, 0.4) is 0 Å². The molecule has 2 rings (SSSR count). The second-order valence-electron chi connectivity index (χ2n) is 4.95. The maximum absolute atomic E-state index is 12.6. The Morgan fingerprint density at radius 3 is 2.62 bits per heavy atom. The summed E-state index contributed by atoms with van der Waals surface area (Å²) < 4.78 is 0. The Bertz CT molecular complexity index is 628. The smallest absolute Gasteiger partial charge is 0.231 e. The standard InChI is InChI=1S/C17H19ClN2O/c1-2-9-20(16-8-4-7-15(19)12-16)17(21)11-13-5-3-6-14(18)10-13/h3-8,10,12H,2,9,11,19H2,1H3. The molecule has 0 heterocycles. The molecule has 3 nitrogen and oxygen atoms in total. The number of nitrogens with zero attached hydrogens (tertiary/aromatic N) is 1. The van der Waals surface area contributed by atoms with Crippen molar-refractivity contribution in [3.63, 3.8) is 0 Å². The molecule has 2 aromatic carbocycles. The summed E-state index contributed by atoms with van der Waals surface area (Å²) in [5.41, 5.74) is 8.22. The van der Waals surface area contributed by atoms with Gasteiger partial charge in [0.15, 0.2) is 0 Å². The van der Waals surface area contributed by atoms with Gasteiger partial charge in [0, 0.05) is 22.9 Å². The van der Waals surface area contributed by atoms with Crippen LogP contribution in [0.5, 0.6) is 0 Å². The van der Waals surface area contributed by atoms with E-state index in [1.807, 2.05) is 49.4 Å². The van der Waals surface area contributed by atoms with Crippen molar-refractivity contribution < 1.29 is 4.79 Å². The third-order valence-corrected chi connectivity index (χ3v) is 3.41. The van der Waals surface area contributed by atoms with Crippen LogP contribution in [0, 0.1) is 0 Å². The Balaban J connectivity index is 2.19. The van der Waals surface area contributed by atoms with Gasteiger partial charge in [-0.25, -0.2) is 0 Å². The van der Waals surface area contributed by atoms with Gasteiger partial charge in [-0.2, -0.15) is 0 Å². The highest BCUT2D eigenvalue weighted by molar-refractivity contribution is 6.30. The van der Waals surface area contributed by atoms with E-state index in [1.165, 1.54) is 0 Å². The molecule has 0 aliphatic heterocycles. The van der Waals surface area contributed by atoms with Crippen molar-refractivity contribution in [2.24, 2.45) is 0 Å². The number of amides is 1. The minimum Gasteiger partial charge on any atom is -0.399 e. The summed E-state index contributed by atoms with van der Waals surface area (Å²) in [6, 6.07) is 14.8. The molecule has 0 fully saturated rings. The Morgan fingerprint density at radius 2 is 1.95 bits per heavy atom. The molecule has 0 radical (unpaired) electrons. The number of hydrogen-bond acceptors (Lipinski definition) is 2. The van der Waals surface area contributed by atoms with E-state index in [2.05, 4.69) is 0 Å². The zero-order valence-electron chi connectivity index (χ0n) is 12.1. The minimum absolute atomic E-state index is 0.0460. The van der Waals surface area contributed by atoms with Gasteiger partial charge in [0.05, 0.1) is 6.42 Å². The first kappa shape index (κ1) is 15.4. The third kappa shape index (κ3) is 4.23. The summed E-state index contributed by atoms with van der Waals surface area (Å²) in [5, 5.41) is 0.645. The summed E-state index contributed by atoms with van der Waals surface area (Å²) in [7, 11) is 0. The molecule has 0 bridgehead atoms. The van der Waals surface area contributed by atoms with Gasteiger partial charge >= 0.3 is 0 Å². The van der Waals surface area contributed by atoms with Crippen molar-refractivity contribution >= 4 is 28.9 Å². The lowest BCUT2D eigenvalue weighted by Gasteiger charge is -2.22. The number of nitrogen functional groups attached to an aromatic ring is 1. The van der Waals surface area contributed by atoms with E-state index in [-0.39, 0.29) is 5.91 Å². The van der Waals surface area contributed by atoms with E-state index in [1.54, 1.807) is 11.0 Å². The number of carbonyl (C=O) groups is 1. The summed E-state index contributed by atoms with van der Waals surface area (Å²) in [6.07, 6.45) is 1.21. The van der Waals surface area contributed by atoms with E-state index < -0.39 is 0 Å². The summed E-state index contributed by atoms with van der Waals surface area (Å²) in [4.78, 5) is 14.3. The molecule has 0 saturated heterocycles. The first-order valence-electron chi connectivity index (χ1n) is 7.00. The number of hydrogen-bond donors (Lipinski definition) is 1. The van der Waals surface area contributed by atoms with Gasteiger partial charge in [-0.05, 0) is 42.3 Å². The van der Waals surface area contributed by atoms with Crippen LogP contribution in [0.4, 0.5) is 11.4 Å². The Labute approximate surface area is 130 Å². The molecule has 0 aromatic heterocycles. The maximum atomic E-state index is 12.6. The van der Waals surface area contributed by atoms with E-state index in [4.69, 9.17) is 17.3 Å². The lowest BCUT2D eigenvalue weighted by Crippen LogP contribution is -2.33. The quantitative estimate of drug-likeness (QED) is 0.851. The molecule has 0 spiro atoms. The zero-order chi connectivity index (χ0) is 15.2. The second kappa shape index (κ2) is 7.14. The molecule has 2 aromatic rings. The lowest BCUT2D eigenvalue weighted by atomic mass is 10.1. The molecular formula is C17H19ClN2O. The number of carbonyl (C=O) groups excluding carboxylic acids is 1. The normalized spacial score (nSPS) is 10.4. The molecule has 0 aliphatic rings.